The van der Waals surface area contributed by atoms with Gasteiger partial charge in [0.1, 0.15) is 5.75 Å². The lowest BCUT2D eigenvalue weighted by atomic mass is 9.88. The van der Waals surface area contributed by atoms with Crippen LogP contribution in [0, 0.1) is 0 Å². The molecule has 0 aliphatic carbocycles. The topological polar surface area (TPSA) is 32.3 Å². The molecule has 2 nitrogen and oxygen atoms in total. The fraction of sp³-hybridized carbons (Fsp3) is 0.500. The van der Waals surface area contributed by atoms with Gasteiger partial charge >= 0.3 is 6.18 Å². The quantitative estimate of drug-likeness (QED) is 0.822. The number of rotatable bonds is 1. The highest BCUT2D eigenvalue weighted by Gasteiger charge is 2.37. The SMILES string of the molecule is CC1(c2cc(C(F)(F)F)cc(Cl)c2O)CCCN1. The van der Waals surface area contributed by atoms with E-state index in [0.29, 0.717) is 13.0 Å². The minimum atomic E-state index is -4.47. The first kappa shape index (κ1) is 13.5. The summed E-state index contributed by atoms with van der Waals surface area (Å²) in [6.45, 7) is 2.48. The van der Waals surface area contributed by atoms with Crippen LogP contribution < -0.4 is 5.32 Å². The van der Waals surface area contributed by atoms with Crippen molar-refractivity contribution in [1.82, 2.24) is 5.32 Å². The van der Waals surface area contributed by atoms with Crippen LogP contribution in [0.1, 0.15) is 30.9 Å². The van der Waals surface area contributed by atoms with Crippen LogP contribution in [0.25, 0.3) is 0 Å². The molecule has 0 spiro atoms. The number of alkyl halides is 3. The van der Waals surface area contributed by atoms with Crippen molar-refractivity contribution in [2.45, 2.75) is 31.5 Å². The number of halogens is 4. The molecule has 100 valence electrons. The summed E-state index contributed by atoms with van der Waals surface area (Å²) < 4.78 is 38.2. The average molecular weight is 280 g/mol. The molecule has 1 unspecified atom stereocenters. The molecule has 0 amide bonds. The Morgan fingerprint density at radius 3 is 2.56 bits per heavy atom. The van der Waals surface area contributed by atoms with Gasteiger partial charge in [-0.3, -0.25) is 0 Å². The largest absolute Gasteiger partial charge is 0.506 e. The molecular weight excluding hydrogens is 267 g/mol. The lowest BCUT2D eigenvalue weighted by Crippen LogP contribution is -2.33. The number of phenols is 1. The summed E-state index contributed by atoms with van der Waals surface area (Å²) in [6.07, 6.45) is -2.96. The van der Waals surface area contributed by atoms with E-state index in [0.717, 1.165) is 18.6 Å². The van der Waals surface area contributed by atoms with E-state index < -0.39 is 17.3 Å². The van der Waals surface area contributed by atoms with Gasteiger partial charge in [-0.2, -0.15) is 13.2 Å². The first-order chi connectivity index (χ1) is 8.24. The van der Waals surface area contributed by atoms with Crippen molar-refractivity contribution in [3.05, 3.63) is 28.3 Å². The van der Waals surface area contributed by atoms with Crippen LogP contribution in [-0.4, -0.2) is 11.7 Å². The molecule has 1 aliphatic heterocycles. The normalized spacial score (nSPS) is 24.5. The maximum atomic E-state index is 12.7. The highest BCUT2D eigenvalue weighted by atomic mass is 35.5. The molecule has 1 aromatic rings. The highest BCUT2D eigenvalue weighted by molar-refractivity contribution is 6.32. The van der Waals surface area contributed by atoms with Crippen molar-refractivity contribution >= 4 is 11.6 Å². The van der Waals surface area contributed by atoms with Crippen LogP contribution in [-0.2, 0) is 11.7 Å². The molecule has 1 saturated heterocycles. The van der Waals surface area contributed by atoms with E-state index in [1.165, 1.54) is 0 Å². The van der Waals surface area contributed by atoms with E-state index in [9.17, 15) is 18.3 Å². The van der Waals surface area contributed by atoms with Gasteiger partial charge < -0.3 is 10.4 Å². The van der Waals surface area contributed by atoms with Gasteiger partial charge in [-0.15, -0.1) is 0 Å². The van der Waals surface area contributed by atoms with Crippen LogP contribution in [0.5, 0.6) is 5.75 Å². The van der Waals surface area contributed by atoms with Gasteiger partial charge in [-0.1, -0.05) is 11.6 Å². The average Bonchev–Trinajstić information content (AvgIpc) is 2.68. The minimum absolute atomic E-state index is 0.208. The third-order valence-corrected chi connectivity index (χ3v) is 3.64. The summed E-state index contributed by atoms with van der Waals surface area (Å²) in [5, 5.41) is 12.7. The zero-order chi connectivity index (χ0) is 13.6. The molecule has 1 aliphatic rings. The van der Waals surface area contributed by atoms with Crippen molar-refractivity contribution in [3.63, 3.8) is 0 Å². The van der Waals surface area contributed by atoms with Gasteiger partial charge in [-0.25, -0.2) is 0 Å². The fourth-order valence-corrected chi connectivity index (χ4v) is 2.53. The monoisotopic (exact) mass is 279 g/mol. The van der Waals surface area contributed by atoms with Crippen LogP contribution in [0.15, 0.2) is 12.1 Å². The summed E-state index contributed by atoms with van der Waals surface area (Å²) in [5.41, 5.74) is -1.29. The molecule has 0 aromatic heterocycles. The number of hydrogen-bond acceptors (Lipinski definition) is 2. The smallest absolute Gasteiger partial charge is 0.416 e. The molecule has 0 saturated carbocycles. The number of benzene rings is 1. The highest BCUT2D eigenvalue weighted by Crippen LogP contribution is 2.43. The maximum Gasteiger partial charge on any atom is 0.416 e. The van der Waals surface area contributed by atoms with E-state index in [1.54, 1.807) is 6.92 Å². The zero-order valence-electron chi connectivity index (χ0n) is 9.74. The minimum Gasteiger partial charge on any atom is -0.506 e. The van der Waals surface area contributed by atoms with E-state index in [2.05, 4.69) is 5.32 Å². The third-order valence-electron chi connectivity index (χ3n) is 3.35. The number of hydrogen-bond donors (Lipinski definition) is 2. The molecule has 1 atom stereocenters. The molecule has 1 aromatic carbocycles. The molecular formula is C12H13ClF3NO. The third kappa shape index (κ3) is 2.29. The van der Waals surface area contributed by atoms with Crippen LogP contribution in [0.2, 0.25) is 5.02 Å². The number of aromatic hydroxyl groups is 1. The van der Waals surface area contributed by atoms with Gasteiger partial charge in [-0.05, 0) is 38.4 Å². The summed E-state index contributed by atoms with van der Waals surface area (Å²) in [5.74, 6) is -0.276. The molecule has 2 N–H and O–H groups in total. The fourth-order valence-electron chi connectivity index (χ4n) is 2.31. The van der Waals surface area contributed by atoms with Gasteiger partial charge in [0.05, 0.1) is 10.6 Å². The second kappa shape index (κ2) is 4.31. The van der Waals surface area contributed by atoms with Gasteiger partial charge in [0.15, 0.2) is 0 Å². The second-order valence-electron chi connectivity index (χ2n) is 4.71. The molecule has 18 heavy (non-hydrogen) atoms. The maximum absolute atomic E-state index is 12.7. The van der Waals surface area contributed by atoms with Crippen molar-refractivity contribution in [1.29, 1.82) is 0 Å². The predicted molar refractivity (Wildman–Crippen MR) is 62.7 cm³/mol. The van der Waals surface area contributed by atoms with E-state index >= 15 is 0 Å². The van der Waals surface area contributed by atoms with Gasteiger partial charge in [0.25, 0.3) is 0 Å². The van der Waals surface area contributed by atoms with Crippen LogP contribution in [0.3, 0.4) is 0 Å². The molecule has 2 rings (SSSR count). The van der Waals surface area contributed by atoms with Gasteiger partial charge in [0, 0.05) is 11.1 Å². The summed E-state index contributed by atoms with van der Waals surface area (Å²) in [7, 11) is 0. The molecule has 1 heterocycles. The second-order valence-corrected chi connectivity index (χ2v) is 5.12. The Kier molecular flexibility index (Phi) is 3.23. The Labute approximate surface area is 108 Å². The zero-order valence-corrected chi connectivity index (χ0v) is 10.5. The first-order valence-corrected chi connectivity index (χ1v) is 5.97. The number of phenolic OH excluding ortho intramolecular Hbond substituents is 1. The Morgan fingerprint density at radius 1 is 1.39 bits per heavy atom. The summed E-state index contributed by atoms with van der Waals surface area (Å²) in [6, 6.07) is 1.72. The van der Waals surface area contributed by atoms with Crippen molar-refractivity contribution in [2.24, 2.45) is 0 Å². The molecule has 6 heteroatoms. The van der Waals surface area contributed by atoms with Crippen molar-refractivity contribution < 1.29 is 18.3 Å². The van der Waals surface area contributed by atoms with Crippen molar-refractivity contribution in [3.8, 4) is 5.75 Å². The van der Waals surface area contributed by atoms with Crippen molar-refractivity contribution in [2.75, 3.05) is 6.54 Å². The van der Waals surface area contributed by atoms with Gasteiger partial charge in [0.2, 0.25) is 0 Å². The van der Waals surface area contributed by atoms with Crippen LogP contribution in [0.4, 0.5) is 13.2 Å². The molecule has 1 fully saturated rings. The first-order valence-electron chi connectivity index (χ1n) is 5.59. The lowest BCUT2D eigenvalue weighted by Gasteiger charge is -2.27. The van der Waals surface area contributed by atoms with E-state index in [-0.39, 0.29) is 16.3 Å². The Balaban J connectivity index is 2.56. The number of nitrogens with one attached hydrogen (secondary N) is 1. The molecule has 0 radical (unpaired) electrons. The van der Waals surface area contributed by atoms with E-state index in [4.69, 9.17) is 11.6 Å². The summed E-state index contributed by atoms with van der Waals surface area (Å²) in [4.78, 5) is 0. The Morgan fingerprint density at radius 2 is 2.06 bits per heavy atom. The van der Waals surface area contributed by atoms with Crippen LogP contribution >= 0.6 is 11.6 Å². The standard InChI is InChI=1S/C12H13ClF3NO/c1-11(3-2-4-17-11)8-5-7(12(14,15)16)6-9(13)10(8)18/h5-6,17-18H,2-4H2,1H3. The Bertz CT molecular complexity index is 467. The van der Waals surface area contributed by atoms with E-state index in [1.807, 2.05) is 0 Å². The summed E-state index contributed by atoms with van der Waals surface area (Å²) >= 11 is 5.69. The molecule has 0 bridgehead atoms. The Hall–Kier alpha value is -0.940. The lowest BCUT2D eigenvalue weighted by molar-refractivity contribution is -0.137. The predicted octanol–water partition coefficient (Wildman–Crippen LogP) is 3.66.